The summed E-state index contributed by atoms with van der Waals surface area (Å²) < 4.78 is 0. The number of rotatable bonds is 10. The van der Waals surface area contributed by atoms with Crippen LogP contribution in [0.15, 0.2) is 35.5 Å². The molecule has 22 heteroatoms. The molecule has 1 aliphatic heterocycles. The average molecular weight is 820 g/mol. The van der Waals surface area contributed by atoms with Gasteiger partial charge in [-0.2, -0.15) is 0 Å². The highest BCUT2D eigenvalue weighted by molar-refractivity contribution is 8.76. The number of aliphatic carboxylic acids is 1. The van der Waals surface area contributed by atoms with E-state index in [0.29, 0.717) is 18.4 Å². The van der Waals surface area contributed by atoms with Gasteiger partial charge in [-0.3, -0.25) is 43.3 Å². The van der Waals surface area contributed by atoms with Crippen molar-refractivity contribution in [3.05, 3.63) is 36.0 Å². The van der Waals surface area contributed by atoms with E-state index in [1.807, 2.05) is 18.2 Å². The Hall–Kier alpha value is -5.51. The maximum absolute atomic E-state index is 14.1. The van der Waals surface area contributed by atoms with Crippen LogP contribution >= 0.6 is 21.6 Å². The summed E-state index contributed by atoms with van der Waals surface area (Å²) in [5.74, 6) is -6.69. The van der Waals surface area contributed by atoms with Crippen LogP contribution in [0.4, 0.5) is 0 Å². The number of aliphatic imine (C=N–C) groups is 1. The number of para-hydroxylation sites is 1. The maximum atomic E-state index is 14.1. The minimum absolute atomic E-state index is 0.0236. The third kappa shape index (κ3) is 14.3. The average Bonchev–Trinajstić information content (AvgIpc) is 3.55. The van der Waals surface area contributed by atoms with Crippen LogP contribution in [0.1, 0.15) is 51.5 Å². The molecule has 1 fully saturated rings. The van der Waals surface area contributed by atoms with Gasteiger partial charge in [-0.1, -0.05) is 39.8 Å². The number of nitrogens with two attached hydrogens (primary N) is 3. The molecule has 1 saturated heterocycles. The van der Waals surface area contributed by atoms with Crippen molar-refractivity contribution in [1.29, 1.82) is 0 Å². The zero-order valence-corrected chi connectivity index (χ0v) is 32.6. The highest BCUT2D eigenvalue weighted by Crippen LogP contribution is 2.24. The van der Waals surface area contributed by atoms with Gasteiger partial charge in [0, 0.05) is 48.1 Å². The van der Waals surface area contributed by atoms with Crippen LogP contribution in [0.3, 0.4) is 0 Å². The number of carbonyl (C=O) groups excluding carboxylic acids is 7. The molecule has 0 saturated carbocycles. The molecule has 2 heterocycles. The number of nitrogens with one attached hydrogen (secondary N) is 6. The Labute approximate surface area is 330 Å². The summed E-state index contributed by atoms with van der Waals surface area (Å²) in [5.41, 5.74) is 17.7. The van der Waals surface area contributed by atoms with Crippen LogP contribution in [-0.2, 0) is 44.9 Å². The Bertz CT molecular complexity index is 1790. The van der Waals surface area contributed by atoms with E-state index in [4.69, 9.17) is 17.2 Å². The predicted octanol–water partition coefficient (Wildman–Crippen LogP) is -1.85. The number of carbonyl (C=O) groups is 8. The number of guanidine groups is 1. The Morgan fingerprint density at radius 2 is 1.61 bits per heavy atom. The van der Waals surface area contributed by atoms with E-state index in [1.54, 1.807) is 12.3 Å². The zero-order valence-electron chi connectivity index (χ0n) is 31.0. The summed E-state index contributed by atoms with van der Waals surface area (Å²) in [4.78, 5) is 112. The fourth-order valence-corrected chi connectivity index (χ4v) is 7.70. The van der Waals surface area contributed by atoms with E-state index in [2.05, 4.69) is 36.6 Å². The van der Waals surface area contributed by atoms with Gasteiger partial charge >= 0.3 is 5.97 Å². The number of aromatic amines is 1. The van der Waals surface area contributed by atoms with Crippen molar-refractivity contribution in [1.82, 2.24) is 36.5 Å². The van der Waals surface area contributed by atoms with Crippen LogP contribution in [0, 0.1) is 0 Å². The second-order valence-electron chi connectivity index (χ2n) is 12.9. The van der Waals surface area contributed by atoms with Gasteiger partial charge in [0.2, 0.25) is 41.4 Å². The van der Waals surface area contributed by atoms with Crippen LogP contribution in [0.5, 0.6) is 0 Å². The Morgan fingerprint density at radius 1 is 0.893 bits per heavy atom. The maximum Gasteiger partial charge on any atom is 0.305 e. The predicted molar refractivity (Wildman–Crippen MR) is 210 cm³/mol. The highest BCUT2D eigenvalue weighted by atomic mass is 33.1. The summed E-state index contributed by atoms with van der Waals surface area (Å²) in [5, 5.41) is 22.6. The molecule has 1 aromatic carbocycles. The molecule has 0 aliphatic carbocycles. The summed E-state index contributed by atoms with van der Waals surface area (Å²) in [6.07, 6.45) is 1.83. The molecule has 13 N–H and O–H groups in total. The van der Waals surface area contributed by atoms with Gasteiger partial charge in [-0.15, -0.1) is 0 Å². The van der Waals surface area contributed by atoms with Gasteiger partial charge < -0.3 is 58.8 Å². The largest absolute Gasteiger partial charge is 0.481 e. The molecule has 20 nitrogen and oxygen atoms in total. The van der Waals surface area contributed by atoms with Crippen LogP contribution in [-0.4, -0.2) is 123 Å². The second kappa shape index (κ2) is 22.1. The molecule has 0 radical (unpaired) electrons. The molecule has 1 aromatic heterocycles. The number of carboxylic acids is 1. The number of H-pyrrole nitrogens is 1. The molecule has 0 spiro atoms. The molecule has 0 unspecified atom stereocenters. The summed E-state index contributed by atoms with van der Waals surface area (Å²) >= 11 is 0. The Kier molecular flexibility index (Phi) is 17.7. The van der Waals surface area contributed by atoms with Gasteiger partial charge in [0.15, 0.2) is 5.96 Å². The third-order valence-electron chi connectivity index (χ3n) is 8.57. The fourth-order valence-electron chi connectivity index (χ4n) is 5.54. The van der Waals surface area contributed by atoms with Crippen molar-refractivity contribution >= 4 is 85.8 Å². The lowest BCUT2D eigenvalue weighted by molar-refractivity contribution is -0.144. The number of carboxylic acid groups (broad SMARTS) is 1. The first-order valence-corrected chi connectivity index (χ1v) is 20.2. The summed E-state index contributed by atoms with van der Waals surface area (Å²) in [6, 6.07) is 0.818. The first kappa shape index (κ1) is 44.9. The van der Waals surface area contributed by atoms with Crippen LogP contribution in [0.25, 0.3) is 10.9 Å². The first-order chi connectivity index (χ1) is 26.6. The normalized spacial score (nSPS) is 22.9. The number of amides is 7. The zero-order chi connectivity index (χ0) is 41.4. The van der Waals surface area contributed by atoms with Crippen molar-refractivity contribution in [2.75, 3.05) is 24.6 Å². The molecule has 2 aromatic rings. The quantitative estimate of drug-likeness (QED) is 0.0546. The van der Waals surface area contributed by atoms with E-state index < -0.39 is 90.5 Å². The van der Waals surface area contributed by atoms with E-state index in [9.17, 15) is 43.5 Å². The van der Waals surface area contributed by atoms with Gasteiger partial charge in [-0.25, -0.2) is 0 Å². The van der Waals surface area contributed by atoms with Gasteiger partial charge in [0.1, 0.15) is 30.2 Å². The van der Waals surface area contributed by atoms with Crippen molar-refractivity contribution in [2.24, 2.45) is 22.2 Å². The van der Waals surface area contributed by atoms with Crippen molar-refractivity contribution in [2.45, 2.75) is 82.7 Å². The van der Waals surface area contributed by atoms with E-state index in [1.165, 1.54) is 40.3 Å². The molecular formula is C34H49N11O9S2. The van der Waals surface area contributed by atoms with Gasteiger partial charge in [0.05, 0.1) is 13.0 Å². The molecule has 3 rings (SSSR count). The molecule has 1 aliphatic rings. The number of benzene rings is 1. The van der Waals surface area contributed by atoms with Crippen LogP contribution < -0.4 is 43.8 Å². The summed E-state index contributed by atoms with van der Waals surface area (Å²) in [6.45, 7) is 2.27. The van der Waals surface area contributed by atoms with Crippen molar-refractivity contribution in [3.8, 4) is 0 Å². The standard InChI is InChI=1S/C34H49N11O9S2/c1-18-33(54)45(16-20-14-39-22-8-4-3-7-21(20)22)19(2)30(51)44-25(29(35)50)17-56-55-12-10-26(46)42-23(9-5-6-11-38-34(36)37)31(52)40-15-27(47)43-24(13-28(48)49)32(53)41-18/h3-4,7-8,14,18-19,23-25,39H,5-6,9-13,15-17H2,1-2H3,(H2,35,50)(H,40,52)(H,41,53)(H,42,46)(H,43,47)(H,44,51)(H,48,49)(H4,36,37,38)/t18-,19-,23-,24-,25-/m0/s1. The number of hydrogen-bond donors (Lipinski definition) is 10. The van der Waals surface area contributed by atoms with Crippen molar-refractivity contribution in [3.63, 3.8) is 0 Å². The van der Waals surface area contributed by atoms with E-state index >= 15 is 0 Å². The number of nitrogens with zero attached hydrogens (tertiary/aromatic N) is 2. The Balaban J connectivity index is 1.90. The second-order valence-corrected chi connectivity index (χ2v) is 15.5. The van der Waals surface area contributed by atoms with E-state index in [-0.39, 0.29) is 43.4 Å². The van der Waals surface area contributed by atoms with Crippen molar-refractivity contribution < 1.29 is 43.5 Å². The molecular weight excluding hydrogens is 771 g/mol. The fraction of sp³-hybridized carbons (Fsp3) is 0.500. The van der Waals surface area contributed by atoms with E-state index in [0.717, 1.165) is 10.9 Å². The molecule has 56 heavy (non-hydrogen) atoms. The lowest BCUT2D eigenvalue weighted by Crippen LogP contribution is -2.58. The number of primary amides is 1. The number of fused-ring (bicyclic) bond motifs is 1. The molecule has 306 valence electrons. The monoisotopic (exact) mass is 819 g/mol. The van der Waals surface area contributed by atoms with Gasteiger partial charge in [-0.05, 0) is 44.7 Å². The van der Waals surface area contributed by atoms with Gasteiger partial charge in [0.25, 0.3) is 0 Å². The third-order valence-corrected chi connectivity index (χ3v) is 11.0. The highest BCUT2D eigenvalue weighted by Gasteiger charge is 2.34. The first-order valence-electron chi connectivity index (χ1n) is 17.7. The smallest absolute Gasteiger partial charge is 0.305 e. The minimum atomic E-state index is -1.67. The Morgan fingerprint density at radius 3 is 2.30 bits per heavy atom. The molecule has 5 atom stereocenters. The summed E-state index contributed by atoms with van der Waals surface area (Å²) in [7, 11) is 2.41. The molecule has 7 amide bonds. The number of unbranched alkanes of at least 4 members (excludes halogenated alkanes) is 1. The number of hydrogen-bond acceptors (Lipinski definition) is 11. The number of aromatic nitrogens is 1. The SMILES string of the molecule is C[C@@H]1NC(=O)[C@H](CC(=O)O)NC(=O)CNC(=O)[C@H](CCCCN=C(N)N)NC(=O)CCSSC[C@@H](C(N)=O)NC(=O)[C@H](C)N(Cc2c[nH]c3ccccc23)C1=O. The lowest BCUT2D eigenvalue weighted by atomic mass is 10.1. The topological polar surface area (TPSA) is 326 Å². The minimum Gasteiger partial charge on any atom is -0.481 e. The van der Waals surface area contributed by atoms with Crippen LogP contribution in [0.2, 0.25) is 0 Å². The molecule has 0 bridgehead atoms. The lowest BCUT2D eigenvalue weighted by Gasteiger charge is -2.32.